The van der Waals surface area contributed by atoms with Gasteiger partial charge >= 0.3 is 5.97 Å². The van der Waals surface area contributed by atoms with E-state index in [0.29, 0.717) is 5.88 Å². The number of hydrazine groups is 1. The number of piperidine rings is 1. The Balaban J connectivity index is 1.94. The topological polar surface area (TPSA) is 65.7 Å². The zero-order valence-electron chi connectivity index (χ0n) is 8.40. The molecule has 0 bridgehead atoms. The summed E-state index contributed by atoms with van der Waals surface area (Å²) in [6.07, 6.45) is 3.59. The van der Waals surface area contributed by atoms with Gasteiger partial charge in [0.15, 0.2) is 0 Å². The van der Waals surface area contributed by atoms with E-state index in [1.54, 1.807) is 6.07 Å². The highest BCUT2D eigenvalue weighted by atomic mass is 16.4. The molecule has 0 aliphatic carbocycles. The van der Waals surface area contributed by atoms with E-state index in [9.17, 15) is 4.79 Å². The van der Waals surface area contributed by atoms with E-state index in [1.165, 1.54) is 25.3 Å². The summed E-state index contributed by atoms with van der Waals surface area (Å²) in [5, 5.41) is 10.7. The molecule has 0 atom stereocenters. The van der Waals surface area contributed by atoms with Gasteiger partial charge in [0.05, 0.1) is 0 Å². The lowest BCUT2D eigenvalue weighted by atomic mass is 10.2. The molecule has 0 amide bonds. The van der Waals surface area contributed by atoms with Gasteiger partial charge in [0.25, 0.3) is 0 Å². The van der Waals surface area contributed by atoms with Crippen LogP contribution in [0.25, 0.3) is 0 Å². The quantitative estimate of drug-likeness (QED) is 0.796. The Labute approximate surface area is 87.6 Å². The Bertz CT molecular complexity index is 342. The number of carboxylic acid groups (broad SMARTS) is 1. The molecule has 0 aromatic carbocycles. The molecule has 0 saturated carbocycles. The van der Waals surface area contributed by atoms with Crippen LogP contribution in [-0.4, -0.2) is 29.2 Å². The van der Waals surface area contributed by atoms with Gasteiger partial charge in [-0.1, -0.05) is 6.42 Å². The number of aromatic carboxylic acids is 1. The summed E-state index contributed by atoms with van der Waals surface area (Å²) in [6.45, 7) is 1.95. The highest BCUT2D eigenvalue weighted by Crippen LogP contribution is 2.16. The van der Waals surface area contributed by atoms with Crippen molar-refractivity contribution in [1.82, 2.24) is 5.01 Å². The van der Waals surface area contributed by atoms with Crippen LogP contribution in [0.15, 0.2) is 16.5 Å². The molecule has 1 aliphatic rings. The molecule has 2 rings (SSSR count). The molecule has 0 radical (unpaired) electrons. The predicted molar refractivity (Wildman–Crippen MR) is 54.7 cm³/mol. The summed E-state index contributed by atoms with van der Waals surface area (Å²) in [5.41, 5.74) is 3.06. The molecule has 82 valence electrons. The lowest BCUT2D eigenvalue weighted by Gasteiger charge is -2.26. The van der Waals surface area contributed by atoms with Gasteiger partial charge in [-0.2, -0.15) is 0 Å². The van der Waals surface area contributed by atoms with Crippen LogP contribution in [0.2, 0.25) is 0 Å². The molecule has 5 heteroatoms. The first kappa shape index (κ1) is 10.0. The van der Waals surface area contributed by atoms with E-state index in [2.05, 4.69) is 5.43 Å². The molecule has 5 nitrogen and oxygen atoms in total. The number of carbonyl (C=O) groups is 1. The number of nitrogens with one attached hydrogen (secondary N) is 1. The standard InChI is InChI=1S/C10H14N2O3/c13-10(14)8-4-5-9(15-8)11-12-6-2-1-3-7-12/h4-5,11H,1-3,6-7H2,(H,13,14). The fraction of sp³-hybridized carbons (Fsp3) is 0.500. The van der Waals surface area contributed by atoms with Gasteiger partial charge in [0, 0.05) is 19.2 Å². The number of furan rings is 1. The smallest absolute Gasteiger partial charge is 0.371 e. The minimum atomic E-state index is -1.04. The summed E-state index contributed by atoms with van der Waals surface area (Å²) in [5.74, 6) is -0.578. The molecule has 1 aromatic heterocycles. The lowest BCUT2D eigenvalue weighted by Crippen LogP contribution is -2.34. The minimum Gasteiger partial charge on any atom is -0.475 e. The van der Waals surface area contributed by atoms with Crippen LogP contribution in [0.3, 0.4) is 0 Å². The van der Waals surface area contributed by atoms with E-state index in [1.807, 2.05) is 5.01 Å². The molecular weight excluding hydrogens is 196 g/mol. The maximum atomic E-state index is 10.6. The summed E-state index contributed by atoms with van der Waals surface area (Å²) >= 11 is 0. The molecule has 1 saturated heterocycles. The number of nitrogens with zero attached hydrogens (tertiary/aromatic N) is 1. The van der Waals surface area contributed by atoms with Gasteiger partial charge in [-0.25, -0.2) is 9.80 Å². The summed E-state index contributed by atoms with van der Waals surface area (Å²) in [7, 11) is 0. The Kier molecular flexibility index (Phi) is 2.91. The molecule has 2 heterocycles. The van der Waals surface area contributed by atoms with Crippen LogP contribution in [-0.2, 0) is 0 Å². The van der Waals surface area contributed by atoms with Crippen molar-refractivity contribution < 1.29 is 14.3 Å². The molecule has 1 fully saturated rings. The van der Waals surface area contributed by atoms with Crippen LogP contribution < -0.4 is 5.43 Å². The molecule has 15 heavy (non-hydrogen) atoms. The van der Waals surface area contributed by atoms with Gasteiger partial charge in [-0.3, -0.25) is 5.43 Å². The highest BCUT2D eigenvalue weighted by molar-refractivity contribution is 5.84. The zero-order chi connectivity index (χ0) is 10.7. The molecule has 2 N–H and O–H groups in total. The Morgan fingerprint density at radius 2 is 2.07 bits per heavy atom. The second kappa shape index (κ2) is 4.35. The number of rotatable bonds is 3. The van der Waals surface area contributed by atoms with Gasteiger partial charge in [0.1, 0.15) is 0 Å². The van der Waals surface area contributed by atoms with Crippen molar-refractivity contribution in [3.05, 3.63) is 17.9 Å². The molecule has 1 aliphatic heterocycles. The number of carboxylic acids is 1. The first-order valence-electron chi connectivity index (χ1n) is 5.10. The van der Waals surface area contributed by atoms with Crippen LogP contribution in [0.5, 0.6) is 0 Å². The average Bonchev–Trinajstić information content (AvgIpc) is 2.68. The average molecular weight is 210 g/mol. The predicted octanol–water partition coefficient (Wildman–Crippen LogP) is 1.79. The SMILES string of the molecule is O=C(O)c1ccc(NN2CCCCC2)o1. The number of anilines is 1. The first-order chi connectivity index (χ1) is 7.25. The maximum Gasteiger partial charge on any atom is 0.371 e. The fourth-order valence-corrected chi connectivity index (χ4v) is 1.67. The zero-order valence-corrected chi connectivity index (χ0v) is 8.40. The third kappa shape index (κ3) is 2.50. The molecule has 0 spiro atoms. The van der Waals surface area contributed by atoms with Gasteiger partial charge in [-0.15, -0.1) is 0 Å². The van der Waals surface area contributed by atoms with E-state index in [-0.39, 0.29) is 5.76 Å². The first-order valence-corrected chi connectivity index (χ1v) is 5.10. The van der Waals surface area contributed by atoms with E-state index in [4.69, 9.17) is 9.52 Å². The monoisotopic (exact) mass is 210 g/mol. The number of hydrogen-bond acceptors (Lipinski definition) is 4. The van der Waals surface area contributed by atoms with Crippen LogP contribution in [0.1, 0.15) is 29.8 Å². The third-order valence-electron chi connectivity index (χ3n) is 2.44. The van der Waals surface area contributed by atoms with Crippen molar-refractivity contribution in [2.75, 3.05) is 18.5 Å². The summed E-state index contributed by atoms with van der Waals surface area (Å²) in [4.78, 5) is 10.6. The van der Waals surface area contributed by atoms with Crippen molar-refractivity contribution in [3.8, 4) is 0 Å². The fourth-order valence-electron chi connectivity index (χ4n) is 1.67. The minimum absolute atomic E-state index is 0.0329. The van der Waals surface area contributed by atoms with E-state index >= 15 is 0 Å². The Morgan fingerprint density at radius 3 is 2.67 bits per heavy atom. The van der Waals surface area contributed by atoms with Crippen molar-refractivity contribution in [2.24, 2.45) is 0 Å². The highest BCUT2D eigenvalue weighted by Gasteiger charge is 2.13. The Morgan fingerprint density at radius 1 is 1.33 bits per heavy atom. The largest absolute Gasteiger partial charge is 0.475 e. The third-order valence-corrected chi connectivity index (χ3v) is 2.44. The summed E-state index contributed by atoms with van der Waals surface area (Å²) < 4.78 is 5.10. The van der Waals surface area contributed by atoms with Crippen LogP contribution >= 0.6 is 0 Å². The molecule has 0 unspecified atom stereocenters. The molecular formula is C10H14N2O3. The van der Waals surface area contributed by atoms with Crippen molar-refractivity contribution >= 4 is 11.9 Å². The van der Waals surface area contributed by atoms with Gasteiger partial charge < -0.3 is 9.52 Å². The maximum absolute atomic E-state index is 10.6. The van der Waals surface area contributed by atoms with Gasteiger partial charge in [0.2, 0.25) is 11.6 Å². The Hall–Kier alpha value is -1.49. The number of hydrogen-bond donors (Lipinski definition) is 2. The van der Waals surface area contributed by atoms with Crippen molar-refractivity contribution in [2.45, 2.75) is 19.3 Å². The normalized spacial score (nSPS) is 17.6. The lowest BCUT2D eigenvalue weighted by molar-refractivity contribution is 0.0663. The van der Waals surface area contributed by atoms with Crippen LogP contribution in [0.4, 0.5) is 5.88 Å². The van der Waals surface area contributed by atoms with Gasteiger partial charge in [-0.05, 0) is 18.9 Å². The van der Waals surface area contributed by atoms with Crippen molar-refractivity contribution in [3.63, 3.8) is 0 Å². The second-order valence-electron chi connectivity index (χ2n) is 3.63. The van der Waals surface area contributed by atoms with E-state index < -0.39 is 5.97 Å². The van der Waals surface area contributed by atoms with E-state index in [0.717, 1.165) is 13.1 Å². The van der Waals surface area contributed by atoms with Crippen LogP contribution in [0, 0.1) is 0 Å². The van der Waals surface area contributed by atoms with Crippen molar-refractivity contribution in [1.29, 1.82) is 0 Å². The molecule has 1 aromatic rings. The summed E-state index contributed by atoms with van der Waals surface area (Å²) in [6, 6.07) is 3.09. The second-order valence-corrected chi connectivity index (χ2v) is 3.63.